The fraction of sp³-hybridized carbons (Fsp3) is 0.333. The molecule has 0 radical (unpaired) electrons. The number of halogens is 3. The molecule has 2 aromatic rings. The van der Waals surface area contributed by atoms with E-state index in [1.165, 1.54) is 0 Å². The van der Waals surface area contributed by atoms with Gasteiger partial charge in [0.2, 0.25) is 0 Å². The van der Waals surface area contributed by atoms with Crippen LogP contribution in [0.3, 0.4) is 0 Å². The molecular formula is C15H15F3N4O2. The molecule has 0 saturated heterocycles. The Balaban J connectivity index is 1.62. The molecule has 2 heterocycles. The van der Waals surface area contributed by atoms with Gasteiger partial charge in [-0.2, -0.15) is 18.3 Å². The van der Waals surface area contributed by atoms with E-state index in [0.29, 0.717) is 10.4 Å². The molecule has 0 unspecified atom stereocenters. The van der Waals surface area contributed by atoms with Gasteiger partial charge in [0.1, 0.15) is 18.4 Å². The number of nitrogens with one attached hydrogen (secondary N) is 2. The maximum Gasteiger partial charge on any atom is 0.408 e. The zero-order valence-electron chi connectivity index (χ0n) is 12.7. The van der Waals surface area contributed by atoms with E-state index in [-0.39, 0.29) is 17.8 Å². The van der Waals surface area contributed by atoms with Crippen LogP contribution in [0.5, 0.6) is 5.75 Å². The number of hydrogen-bond donors (Lipinski definition) is 2. The SMILES string of the molecule is C[C@H]1Oc2ccccc2[C@@H]1NC(=O)Nc1cnn(CC(F)(F)F)c1. The number of alkyl halides is 3. The number of nitrogens with zero attached hydrogens (tertiary/aromatic N) is 2. The molecule has 2 N–H and O–H groups in total. The van der Waals surface area contributed by atoms with Crippen molar-refractivity contribution in [1.29, 1.82) is 0 Å². The summed E-state index contributed by atoms with van der Waals surface area (Å²) in [6.45, 7) is 0.615. The minimum atomic E-state index is -4.37. The number of amides is 2. The van der Waals surface area contributed by atoms with Gasteiger partial charge < -0.3 is 15.4 Å². The van der Waals surface area contributed by atoms with Gasteiger partial charge in [-0.25, -0.2) is 4.79 Å². The highest BCUT2D eigenvalue weighted by atomic mass is 19.4. The summed E-state index contributed by atoms with van der Waals surface area (Å²) in [6, 6.07) is 6.46. The smallest absolute Gasteiger partial charge is 0.408 e. The largest absolute Gasteiger partial charge is 0.488 e. The summed E-state index contributed by atoms with van der Waals surface area (Å²) in [5, 5.41) is 8.79. The van der Waals surface area contributed by atoms with Crippen molar-refractivity contribution in [2.24, 2.45) is 0 Å². The van der Waals surface area contributed by atoms with Crippen LogP contribution < -0.4 is 15.4 Å². The van der Waals surface area contributed by atoms with Gasteiger partial charge >= 0.3 is 12.2 Å². The first-order valence-corrected chi connectivity index (χ1v) is 7.24. The van der Waals surface area contributed by atoms with Crippen LogP contribution in [0, 0.1) is 0 Å². The van der Waals surface area contributed by atoms with Crippen molar-refractivity contribution in [3.05, 3.63) is 42.2 Å². The van der Waals surface area contributed by atoms with E-state index in [1.807, 2.05) is 31.2 Å². The third-order valence-corrected chi connectivity index (χ3v) is 3.56. The molecule has 1 aliphatic heterocycles. The number of carbonyl (C=O) groups is 1. The first-order chi connectivity index (χ1) is 11.3. The van der Waals surface area contributed by atoms with E-state index in [2.05, 4.69) is 15.7 Å². The van der Waals surface area contributed by atoms with Crippen LogP contribution in [0.2, 0.25) is 0 Å². The average Bonchev–Trinajstić information content (AvgIpc) is 3.02. The van der Waals surface area contributed by atoms with Crippen LogP contribution >= 0.6 is 0 Å². The first-order valence-electron chi connectivity index (χ1n) is 7.24. The van der Waals surface area contributed by atoms with Gasteiger partial charge in [0.25, 0.3) is 0 Å². The van der Waals surface area contributed by atoms with E-state index in [1.54, 1.807) is 0 Å². The minimum absolute atomic E-state index is 0.177. The van der Waals surface area contributed by atoms with Gasteiger partial charge in [-0.3, -0.25) is 4.68 Å². The third-order valence-electron chi connectivity index (χ3n) is 3.56. The topological polar surface area (TPSA) is 68.2 Å². The molecule has 1 aliphatic rings. The summed E-state index contributed by atoms with van der Waals surface area (Å²) in [6.07, 6.45) is -2.34. The molecular weight excluding hydrogens is 325 g/mol. The number of urea groups is 1. The van der Waals surface area contributed by atoms with Gasteiger partial charge in [0, 0.05) is 11.8 Å². The maximum atomic E-state index is 12.3. The Hall–Kier alpha value is -2.71. The Morgan fingerprint density at radius 2 is 2.12 bits per heavy atom. The molecule has 128 valence electrons. The third kappa shape index (κ3) is 3.61. The lowest BCUT2D eigenvalue weighted by Crippen LogP contribution is -2.36. The minimum Gasteiger partial charge on any atom is -0.488 e. The second-order valence-corrected chi connectivity index (χ2v) is 5.48. The lowest BCUT2D eigenvalue weighted by Gasteiger charge is -2.16. The van der Waals surface area contributed by atoms with Crippen molar-refractivity contribution >= 4 is 11.7 Å². The lowest BCUT2D eigenvalue weighted by molar-refractivity contribution is -0.142. The summed E-state index contributed by atoms with van der Waals surface area (Å²) < 4.78 is 43.2. The molecule has 2 atom stereocenters. The summed E-state index contributed by atoms with van der Waals surface area (Å²) in [5.74, 6) is 0.702. The number of rotatable bonds is 3. The Labute approximate surface area is 135 Å². The van der Waals surface area contributed by atoms with Crippen molar-refractivity contribution < 1.29 is 22.7 Å². The normalized spacial score (nSPS) is 19.5. The molecule has 0 spiro atoms. The Morgan fingerprint density at radius 1 is 1.38 bits per heavy atom. The van der Waals surface area contributed by atoms with Gasteiger partial charge in [-0.05, 0) is 13.0 Å². The van der Waals surface area contributed by atoms with Crippen LogP contribution in [0.1, 0.15) is 18.5 Å². The molecule has 9 heteroatoms. The zero-order chi connectivity index (χ0) is 17.3. The second-order valence-electron chi connectivity index (χ2n) is 5.48. The summed E-state index contributed by atoms with van der Waals surface area (Å²) in [5.41, 5.74) is 1.03. The standard InChI is InChI=1S/C15H15F3N4O2/c1-9-13(11-4-2-3-5-12(11)24-9)21-14(23)20-10-6-19-22(7-10)8-15(16,17)18/h2-7,9,13H,8H2,1H3,(H2,20,21,23)/t9-,13-/m1/s1. The zero-order valence-corrected chi connectivity index (χ0v) is 12.7. The summed E-state index contributed by atoms with van der Waals surface area (Å²) in [7, 11) is 0. The Morgan fingerprint density at radius 3 is 2.88 bits per heavy atom. The van der Waals surface area contributed by atoms with Crippen LogP contribution in [-0.2, 0) is 6.54 Å². The number of anilines is 1. The summed E-state index contributed by atoms with van der Waals surface area (Å²) >= 11 is 0. The van der Waals surface area contributed by atoms with E-state index in [9.17, 15) is 18.0 Å². The highest BCUT2D eigenvalue weighted by Crippen LogP contribution is 2.36. The predicted molar refractivity (Wildman–Crippen MR) is 79.7 cm³/mol. The second kappa shape index (κ2) is 6.06. The fourth-order valence-corrected chi connectivity index (χ4v) is 2.57. The molecule has 1 aromatic carbocycles. The number of carbonyl (C=O) groups excluding carboxylic acids is 1. The van der Waals surface area contributed by atoms with Gasteiger partial charge in [-0.1, -0.05) is 18.2 Å². The molecule has 24 heavy (non-hydrogen) atoms. The lowest BCUT2D eigenvalue weighted by atomic mass is 10.1. The molecule has 0 saturated carbocycles. The molecule has 0 fully saturated rings. The quantitative estimate of drug-likeness (QED) is 0.902. The van der Waals surface area contributed by atoms with Crippen molar-refractivity contribution in [1.82, 2.24) is 15.1 Å². The van der Waals surface area contributed by atoms with Crippen molar-refractivity contribution in [3.8, 4) is 5.75 Å². The van der Waals surface area contributed by atoms with Crippen LogP contribution in [-0.4, -0.2) is 28.1 Å². The Kier molecular flexibility index (Phi) is 4.08. The predicted octanol–water partition coefficient (Wildman–Crippen LogP) is 3.09. The Bertz CT molecular complexity index is 744. The number of ether oxygens (including phenoxy) is 1. The molecule has 1 aromatic heterocycles. The van der Waals surface area contributed by atoms with Crippen molar-refractivity contribution in [3.63, 3.8) is 0 Å². The van der Waals surface area contributed by atoms with Crippen molar-refractivity contribution in [2.75, 3.05) is 5.32 Å². The highest BCUT2D eigenvalue weighted by molar-refractivity contribution is 5.89. The average molecular weight is 340 g/mol. The molecule has 3 rings (SSSR count). The van der Waals surface area contributed by atoms with Gasteiger partial charge in [-0.15, -0.1) is 0 Å². The number of fused-ring (bicyclic) bond motifs is 1. The number of aromatic nitrogens is 2. The van der Waals surface area contributed by atoms with Crippen LogP contribution in [0.4, 0.5) is 23.7 Å². The maximum absolute atomic E-state index is 12.3. The first kappa shape index (κ1) is 16.2. The van der Waals surface area contributed by atoms with E-state index in [4.69, 9.17) is 4.74 Å². The molecule has 0 aliphatic carbocycles. The number of benzene rings is 1. The molecule has 6 nitrogen and oxygen atoms in total. The number of para-hydroxylation sites is 1. The molecule has 2 amide bonds. The fourth-order valence-electron chi connectivity index (χ4n) is 2.57. The highest BCUT2D eigenvalue weighted by Gasteiger charge is 2.32. The van der Waals surface area contributed by atoms with E-state index in [0.717, 1.165) is 18.0 Å². The monoisotopic (exact) mass is 340 g/mol. The number of hydrogen-bond acceptors (Lipinski definition) is 3. The van der Waals surface area contributed by atoms with Gasteiger partial charge in [0.15, 0.2) is 0 Å². The molecule has 0 bridgehead atoms. The van der Waals surface area contributed by atoms with E-state index < -0.39 is 18.8 Å². The van der Waals surface area contributed by atoms with E-state index >= 15 is 0 Å². The van der Waals surface area contributed by atoms with Gasteiger partial charge in [0.05, 0.1) is 17.9 Å². The summed E-state index contributed by atoms with van der Waals surface area (Å²) in [4.78, 5) is 12.1. The van der Waals surface area contributed by atoms with Crippen LogP contribution in [0.15, 0.2) is 36.7 Å². The van der Waals surface area contributed by atoms with Crippen molar-refractivity contribution in [2.45, 2.75) is 31.8 Å². The van der Waals surface area contributed by atoms with Crippen LogP contribution in [0.25, 0.3) is 0 Å².